The number of amides is 3. The van der Waals surface area contributed by atoms with Gasteiger partial charge in [0.15, 0.2) is 13.2 Å². The van der Waals surface area contributed by atoms with E-state index in [9.17, 15) is 14.4 Å². The first kappa shape index (κ1) is 21.5. The summed E-state index contributed by atoms with van der Waals surface area (Å²) in [6, 6.07) is 6.78. The molecule has 0 fully saturated rings. The minimum atomic E-state index is -0.713. The van der Waals surface area contributed by atoms with Crippen LogP contribution in [0.1, 0.15) is 47.1 Å². The Bertz CT molecular complexity index is 657. The summed E-state index contributed by atoms with van der Waals surface area (Å²) in [6.45, 7) is 10.6. The number of hydrogen-bond acceptors (Lipinski definition) is 5. The van der Waals surface area contributed by atoms with Gasteiger partial charge in [-0.2, -0.15) is 0 Å². The molecule has 0 bridgehead atoms. The number of hydrogen-bond donors (Lipinski definition) is 2. The fourth-order valence-corrected chi connectivity index (χ4v) is 2.07. The van der Waals surface area contributed by atoms with Gasteiger partial charge >= 0.3 is 12.0 Å². The van der Waals surface area contributed by atoms with Gasteiger partial charge in [-0.05, 0) is 37.8 Å². The highest BCUT2D eigenvalue weighted by Gasteiger charge is 2.20. The lowest BCUT2D eigenvalue weighted by Crippen LogP contribution is -2.49. The lowest BCUT2D eigenvalue weighted by molar-refractivity contribution is -0.150. The Labute approximate surface area is 154 Å². The van der Waals surface area contributed by atoms with E-state index in [0.29, 0.717) is 5.75 Å². The second kappa shape index (κ2) is 8.69. The van der Waals surface area contributed by atoms with Gasteiger partial charge in [0.05, 0.1) is 0 Å². The molecule has 0 spiro atoms. The van der Waals surface area contributed by atoms with Crippen LogP contribution in [0.3, 0.4) is 0 Å². The Morgan fingerprint density at radius 3 is 2.15 bits per heavy atom. The largest absolute Gasteiger partial charge is 0.482 e. The molecule has 1 rings (SSSR count). The number of urea groups is 1. The lowest BCUT2D eigenvalue weighted by atomic mass is 9.86. The molecule has 0 aromatic heterocycles. The van der Waals surface area contributed by atoms with Crippen molar-refractivity contribution in [1.82, 2.24) is 10.6 Å². The van der Waals surface area contributed by atoms with Crippen LogP contribution in [0.15, 0.2) is 24.3 Å². The molecular weight excluding hydrogens is 336 g/mol. The lowest BCUT2D eigenvalue weighted by Gasteiger charge is -2.22. The van der Waals surface area contributed by atoms with E-state index in [2.05, 4.69) is 10.6 Å². The van der Waals surface area contributed by atoms with E-state index in [1.54, 1.807) is 26.8 Å². The Morgan fingerprint density at radius 2 is 1.58 bits per heavy atom. The summed E-state index contributed by atoms with van der Waals surface area (Å²) in [7, 11) is 0. The van der Waals surface area contributed by atoms with Gasteiger partial charge in [0.1, 0.15) is 5.75 Å². The molecule has 2 N–H and O–H groups in total. The van der Waals surface area contributed by atoms with Crippen molar-refractivity contribution in [2.45, 2.75) is 52.5 Å². The number of carbonyl (C=O) groups is 3. The van der Waals surface area contributed by atoms with Gasteiger partial charge in [0.2, 0.25) is 0 Å². The van der Waals surface area contributed by atoms with E-state index >= 15 is 0 Å². The molecule has 0 unspecified atom stereocenters. The number of ether oxygens (including phenoxy) is 2. The van der Waals surface area contributed by atoms with Crippen molar-refractivity contribution in [3.63, 3.8) is 0 Å². The third-order valence-corrected chi connectivity index (χ3v) is 3.15. The molecule has 0 radical (unpaired) electrons. The molecule has 0 saturated carbocycles. The van der Waals surface area contributed by atoms with Crippen LogP contribution < -0.4 is 15.4 Å². The van der Waals surface area contributed by atoms with E-state index in [-0.39, 0.29) is 12.0 Å². The Balaban J connectivity index is 2.44. The SMILES string of the molecule is CC(C)(C)NC(=O)NC(=O)COC(=O)COc1ccccc1C(C)(C)C. The first-order valence-electron chi connectivity index (χ1n) is 8.38. The van der Waals surface area contributed by atoms with Crippen molar-refractivity contribution >= 4 is 17.9 Å². The zero-order valence-corrected chi connectivity index (χ0v) is 16.3. The van der Waals surface area contributed by atoms with Crippen LogP contribution in [0.25, 0.3) is 0 Å². The fraction of sp³-hybridized carbons (Fsp3) is 0.526. The van der Waals surface area contributed by atoms with Gasteiger partial charge in [-0.25, -0.2) is 9.59 Å². The summed E-state index contributed by atoms with van der Waals surface area (Å²) >= 11 is 0. The molecule has 0 aliphatic heterocycles. The van der Waals surface area contributed by atoms with Gasteiger partial charge in [-0.1, -0.05) is 39.0 Å². The number of rotatable bonds is 5. The molecular formula is C19H28N2O5. The summed E-state index contributed by atoms with van der Waals surface area (Å²) in [5.41, 5.74) is 0.347. The van der Waals surface area contributed by atoms with Crippen LogP contribution in [0.4, 0.5) is 4.79 Å². The van der Waals surface area contributed by atoms with Crippen LogP contribution in [0.5, 0.6) is 5.75 Å². The Morgan fingerprint density at radius 1 is 0.962 bits per heavy atom. The van der Waals surface area contributed by atoms with Crippen LogP contribution >= 0.6 is 0 Å². The summed E-state index contributed by atoms with van der Waals surface area (Å²) in [4.78, 5) is 34.9. The second-order valence-electron chi connectivity index (χ2n) is 7.95. The summed E-state index contributed by atoms with van der Waals surface area (Å²) in [6.07, 6.45) is 0. The highest BCUT2D eigenvalue weighted by molar-refractivity contribution is 5.95. The smallest absolute Gasteiger partial charge is 0.344 e. The molecule has 7 heteroatoms. The zero-order chi connectivity index (χ0) is 20.0. The molecule has 7 nitrogen and oxygen atoms in total. The minimum absolute atomic E-state index is 0.138. The normalized spacial score (nSPS) is 11.5. The number of nitrogens with one attached hydrogen (secondary N) is 2. The van der Waals surface area contributed by atoms with E-state index in [1.165, 1.54) is 0 Å². The molecule has 1 aromatic rings. The fourth-order valence-electron chi connectivity index (χ4n) is 2.07. The quantitative estimate of drug-likeness (QED) is 0.783. The third kappa shape index (κ3) is 8.00. The Hall–Kier alpha value is -2.57. The summed E-state index contributed by atoms with van der Waals surface area (Å²) < 4.78 is 10.3. The van der Waals surface area contributed by atoms with E-state index in [1.807, 2.05) is 39.0 Å². The van der Waals surface area contributed by atoms with E-state index in [0.717, 1.165) is 5.56 Å². The Kier molecular flexibility index (Phi) is 7.18. The average molecular weight is 364 g/mol. The van der Waals surface area contributed by atoms with Gasteiger partial charge in [-0.15, -0.1) is 0 Å². The standard InChI is InChI=1S/C19H28N2O5/c1-18(2,3)13-9-7-8-10-14(13)25-12-16(23)26-11-15(22)20-17(24)21-19(4,5)6/h7-10H,11-12H2,1-6H3,(H2,20,21,22,24). The number of carbonyl (C=O) groups excluding carboxylic acids is 3. The number of benzene rings is 1. The second-order valence-corrected chi connectivity index (χ2v) is 7.95. The van der Waals surface area contributed by atoms with Crippen molar-refractivity contribution in [3.8, 4) is 5.75 Å². The van der Waals surface area contributed by atoms with Crippen molar-refractivity contribution in [1.29, 1.82) is 0 Å². The summed E-state index contributed by atoms with van der Waals surface area (Å²) in [5.74, 6) is -0.818. The van der Waals surface area contributed by atoms with Gasteiger partial charge in [-0.3, -0.25) is 10.1 Å². The van der Waals surface area contributed by atoms with Crippen LogP contribution in [0, 0.1) is 0 Å². The maximum Gasteiger partial charge on any atom is 0.344 e. The third-order valence-electron chi connectivity index (χ3n) is 3.15. The molecule has 0 aliphatic carbocycles. The number of para-hydroxylation sites is 1. The first-order chi connectivity index (χ1) is 11.9. The minimum Gasteiger partial charge on any atom is -0.482 e. The molecule has 0 atom stereocenters. The van der Waals surface area contributed by atoms with Gasteiger partial charge < -0.3 is 14.8 Å². The van der Waals surface area contributed by atoms with Gasteiger partial charge in [0, 0.05) is 5.54 Å². The molecule has 3 amide bonds. The highest BCUT2D eigenvalue weighted by Crippen LogP contribution is 2.30. The highest BCUT2D eigenvalue weighted by atomic mass is 16.6. The summed E-state index contributed by atoms with van der Waals surface area (Å²) in [5, 5.41) is 4.66. The van der Waals surface area contributed by atoms with Crippen LogP contribution in [-0.2, 0) is 19.7 Å². The van der Waals surface area contributed by atoms with Crippen LogP contribution in [0.2, 0.25) is 0 Å². The predicted octanol–water partition coefficient (Wildman–Crippen LogP) is 2.53. The number of imide groups is 1. The number of esters is 1. The van der Waals surface area contributed by atoms with E-state index in [4.69, 9.17) is 9.47 Å². The topological polar surface area (TPSA) is 93.7 Å². The maximum absolute atomic E-state index is 11.8. The van der Waals surface area contributed by atoms with Crippen LogP contribution in [-0.4, -0.2) is 36.7 Å². The monoisotopic (exact) mass is 364 g/mol. The van der Waals surface area contributed by atoms with E-state index < -0.39 is 30.1 Å². The molecule has 0 heterocycles. The molecule has 1 aromatic carbocycles. The maximum atomic E-state index is 11.8. The molecule has 0 saturated heterocycles. The van der Waals surface area contributed by atoms with Crippen molar-refractivity contribution in [3.05, 3.63) is 29.8 Å². The van der Waals surface area contributed by atoms with Crippen molar-refractivity contribution < 1.29 is 23.9 Å². The zero-order valence-electron chi connectivity index (χ0n) is 16.3. The predicted molar refractivity (Wildman–Crippen MR) is 98.0 cm³/mol. The molecule has 26 heavy (non-hydrogen) atoms. The molecule has 144 valence electrons. The average Bonchev–Trinajstić information content (AvgIpc) is 2.48. The van der Waals surface area contributed by atoms with Gasteiger partial charge in [0.25, 0.3) is 5.91 Å². The first-order valence-corrected chi connectivity index (χ1v) is 8.38. The van der Waals surface area contributed by atoms with Crippen molar-refractivity contribution in [2.75, 3.05) is 13.2 Å². The van der Waals surface area contributed by atoms with Crippen molar-refractivity contribution in [2.24, 2.45) is 0 Å². The molecule has 0 aliphatic rings.